The van der Waals surface area contributed by atoms with Gasteiger partial charge in [-0.2, -0.15) is 0 Å². The van der Waals surface area contributed by atoms with E-state index in [4.69, 9.17) is 9.47 Å². The maximum absolute atomic E-state index is 5.94. The van der Waals surface area contributed by atoms with Crippen LogP contribution in [0.25, 0.3) is 0 Å². The van der Waals surface area contributed by atoms with Crippen LogP contribution >= 0.6 is 11.3 Å². The molecule has 1 heterocycles. The van der Waals surface area contributed by atoms with Crippen LogP contribution in [0.4, 0.5) is 0 Å². The molecule has 0 aliphatic carbocycles. The number of aromatic nitrogens is 1. The van der Waals surface area contributed by atoms with Gasteiger partial charge in [0, 0.05) is 17.0 Å². The molecule has 0 amide bonds. The Morgan fingerprint density at radius 2 is 2.10 bits per heavy atom. The first-order chi connectivity index (χ1) is 10.1. The molecule has 0 radical (unpaired) electrons. The molecule has 0 atom stereocenters. The highest BCUT2D eigenvalue weighted by Gasteiger charge is 2.08. The molecule has 4 nitrogen and oxygen atoms in total. The molecule has 21 heavy (non-hydrogen) atoms. The second kappa shape index (κ2) is 7.43. The minimum atomic E-state index is 0.505. The molecule has 114 valence electrons. The second-order valence-corrected chi connectivity index (χ2v) is 6.08. The normalized spacial score (nSPS) is 10.7. The van der Waals surface area contributed by atoms with Crippen molar-refractivity contribution < 1.29 is 9.47 Å². The van der Waals surface area contributed by atoms with Crippen LogP contribution in [0.1, 0.15) is 28.1 Å². The lowest BCUT2D eigenvalue weighted by Crippen LogP contribution is -2.13. The van der Waals surface area contributed by atoms with Crippen LogP contribution in [0.15, 0.2) is 18.2 Å². The Kier molecular flexibility index (Phi) is 5.59. The number of nitrogens with one attached hydrogen (secondary N) is 1. The zero-order valence-electron chi connectivity index (χ0n) is 13.0. The predicted molar refractivity (Wildman–Crippen MR) is 86.3 cm³/mol. The van der Waals surface area contributed by atoms with Gasteiger partial charge in [0.15, 0.2) is 0 Å². The number of hydrogen-bond acceptors (Lipinski definition) is 5. The van der Waals surface area contributed by atoms with Crippen LogP contribution in [-0.4, -0.2) is 18.6 Å². The number of hydrogen-bond donors (Lipinski definition) is 1. The van der Waals surface area contributed by atoms with Crippen molar-refractivity contribution in [3.63, 3.8) is 0 Å². The predicted octanol–water partition coefficient (Wildman–Crippen LogP) is 3.46. The monoisotopic (exact) mass is 306 g/mol. The molecule has 1 N–H and O–H groups in total. The van der Waals surface area contributed by atoms with Gasteiger partial charge >= 0.3 is 0 Å². The second-order valence-electron chi connectivity index (χ2n) is 4.79. The summed E-state index contributed by atoms with van der Waals surface area (Å²) in [4.78, 5) is 5.75. The Morgan fingerprint density at radius 1 is 1.29 bits per heavy atom. The van der Waals surface area contributed by atoms with Gasteiger partial charge in [-0.05, 0) is 38.6 Å². The molecule has 0 saturated heterocycles. The van der Waals surface area contributed by atoms with Crippen LogP contribution in [0.2, 0.25) is 0 Å². The first-order valence-electron chi connectivity index (χ1n) is 7.07. The van der Waals surface area contributed by atoms with Gasteiger partial charge in [-0.25, -0.2) is 4.98 Å². The van der Waals surface area contributed by atoms with E-state index in [0.29, 0.717) is 6.61 Å². The maximum atomic E-state index is 5.94. The Labute approximate surface area is 130 Å². The largest absolute Gasteiger partial charge is 0.497 e. The van der Waals surface area contributed by atoms with Crippen molar-refractivity contribution >= 4 is 11.3 Å². The highest BCUT2D eigenvalue weighted by Crippen LogP contribution is 2.26. The van der Waals surface area contributed by atoms with E-state index in [0.717, 1.165) is 40.9 Å². The number of nitrogens with zero attached hydrogens (tertiary/aromatic N) is 1. The topological polar surface area (TPSA) is 43.4 Å². The minimum Gasteiger partial charge on any atom is -0.497 e. The number of benzene rings is 1. The van der Waals surface area contributed by atoms with Crippen molar-refractivity contribution in [3.8, 4) is 11.5 Å². The molecule has 1 aromatic heterocycles. The molecule has 0 aliphatic rings. The van der Waals surface area contributed by atoms with E-state index in [1.807, 2.05) is 25.1 Å². The molecule has 0 spiro atoms. The number of aryl methyl sites for hydroxylation is 2. The third-order valence-corrected chi connectivity index (χ3v) is 4.30. The van der Waals surface area contributed by atoms with E-state index >= 15 is 0 Å². The van der Waals surface area contributed by atoms with Gasteiger partial charge in [-0.15, -0.1) is 11.3 Å². The molecule has 0 aliphatic heterocycles. The molecular formula is C16H22N2O2S. The van der Waals surface area contributed by atoms with Crippen LogP contribution in [-0.2, 0) is 13.2 Å². The lowest BCUT2D eigenvalue weighted by atomic mass is 10.2. The van der Waals surface area contributed by atoms with E-state index in [-0.39, 0.29) is 0 Å². The van der Waals surface area contributed by atoms with Crippen molar-refractivity contribution in [1.82, 2.24) is 10.3 Å². The van der Waals surface area contributed by atoms with Gasteiger partial charge in [0.05, 0.1) is 12.8 Å². The Hall–Kier alpha value is -1.59. The molecule has 2 rings (SSSR count). The Balaban J connectivity index is 2.10. The first-order valence-corrected chi connectivity index (χ1v) is 7.89. The summed E-state index contributed by atoms with van der Waals surface area (Å²) in [5.74, 6) is 1.72. The summed E-state index contributed by atoms with van der Waals surface area (Å²) in [5.41, 5.74) is 2.18. The van der Waals surface area contributed by atoms with Crippen molar-refractivity contribution in [2.45, 2.75) is 33.9 Å². The first kappa shape index (κ1) is 15.8. The molecule has 0 unspecified atom stereocenters. The molecular weight excluding hydrogens is 284 g/mol. The Bertz CT molecular complexity index is 576. The van der Waals surface area contributed by atoms with Gasteiger partial charge in [0.1, 0.15) is 23.1 Å². The van der Waals surface area contributed by atoms with Gasteiger partial charge in [-0.3, -0.25) is 0 Å². The summed E-state index contributed by atoms with van der Waals surface area (Å²) < 4.78 is 11.2. The summed E-state index contributed by atoms with van der Waals surface area (Å²) in [7, 11) is 1.67. The van der Waals surface area contributed by atoms with Crippen molar-refractivity contribution in [2.24, 2.45) is 0 Å². The van der Waals surface area contributed by atoms with E-state index < -0.39 is 0 Å². The Morgan fingerprint density at radius 3 is 2.71 bits per heavy atom. The summed E-state index contributed by atoms with van der Waals surface area (Å²) in [6.07, 6.45) is 0. The standard InChI is InChI=1S/C16H22N2O2S/c1-5-17-9-13-8-14(19-4)6-7-15(13)20-10-16-18-11(2)12(3)21-16/h6-8,17H,5,9-10H2,1-4H3. The number of rotatable bonds is 7. The van der Waals surface area contributed by atoms with E-state index in [2.05, 4.69) is 24.1 Å². The zero-order valence-corrected chi connectivity index (χ0v) is 13.8. The maximum Gasteiger partial charge on any atom is 0.140 e. The summed E-state index contributed by atoms with van der Waals surface area (Å²) in [5, 5.41) is 4.33. The van der Waals surface area contributed by atoms with Crippen LogP contribution in [0.5, 0.6) is 11.5 Å². The van der Waals surface area contributed by atoms with Gasteiger partial charge in [0.25, 0.3) is 0 Å². The lowest BCUT2D eigenvalue weighted by molar-refractivity contribution is 0.300. The van der Waals surface area contributed by atoms with E-state index in [1.54, 1.807) is 18.4 Å². The van der Waals surface area contributed by atoms with Crippen molar-refractivity contribution in [2.75, 3.05) is 13.7 Å². The fourth-order valence-electron chi connectivity index (χ4n) is 1.96. The third kappa shape index (κ3) is 4.19. The van der Waals surface area contributed by atoms with Gasteiger partial charge < -0.3 is 14.8 Å². The van der Waals surface area contributed by atoms with Crippen LogP contribution in [0, 0.1) is 13.8 Å². The van der Waals surface area contributed by atoms with Crippen LogP contribution in [0.3, 0.4) is 0 Å². The van der Waals surface area contributed by atoms with Gasteiger partial charge in [0.2, 0.25) is 0 Å². The summed E-state index contributed by atoms with van der Waals surface area (Å²) >= 11 is 1.69. The number of ether oxygens (including phenoxy) is 2. The minimum absolute atomic E-state index is 0.505. The summed E-state index contributed by atoms with van der Waals surface area (Å²) in [6.45, 7) is 8.38. The van der Waals surface area contributed by atoms with Crippen molar-refractivity contribution in [1.29, 1.82) is 0 Å². The quantitative estimate of drug-likeness (QED) is 0.851. The molecule has 0 bridgehead atoms. The third-order valence-electron chi connectivity index (χ3n) is 3.26. The molecule has 2 aromatic rings. The highest BCUT2D eigenvalue weighted by molar-refractivity contribution is 7.11. The smallest absolute Gasteiger partial charge is 0.140 e. The average Bonchev–Trinajstić information content (AvgIpc) is 2.82. The zero-order chi connectivity index (χ0) is 15.2. The fourth-order valence-corrected chi connectivity index (χ4v) is 2.81. The van der Waals surface area contributed by atoms with Gasteiger partial charge in [-0.1, -0.05) is 6.92 Å². The highest BCUT2D eigenvalue weighted by atomic mass is 32.1. The molecule has 0 fully saturated rings. The molecule has 1 aromatic carbocycles. The lowest BCUT2D eigenvalue weighted by Gasteiger charge is -2.12. The van der Waals surface area contributed by atoms with Crippen molar-refractivity contribution in [3.05, 3.63) is 39.3 Å². The molecule has 0 saturated carbocycles. The van der Waals surface area contributed by atoms with E-state index in [9.17, 15) is 0 Å². The molecule has 5 heteroatoms. The number of thiazole rings is 1. The summed E-state index contributed by atoms with van der Waals surface area (Å²) in [6, 6.07) is 5.89. The average molecular weight is 306 g/mol. The SMILES string of the molecule is CCNCc1cc(OC)ccc1OCc1nc(C)c(C)s1. The fraction of sp³-hybridized carbons (Fsp3) is 0.438. The van der Waals surface area contributed by atoms with E-state index in [1.165, 1.54) is 4.88 Å². The van der Waals surface area contributed by atoms with Crippen LogP contribution < -0.4 is 14.8 Å². The number of methoxy groups -OCH3 is 1.